The van der Waals surface area contributed by atoms with Crippen LogP contribution in [0, 0.1) is 0 Å². The van der Waals surface area contributed by atoms with Crippen molar-refractivity contribution in [2.75, 3.05) is 32.5 Å². The van der Waals surface area contributed by atoms with E-state index in [0.717, 1.165) is 30.2 Å². The quantitative estimate of drug-likeness (QED) is 0.620. The smallest absolute Gasteiger partial charge is 0.230 e. The Morgan fingerprint density at radius 1 is 1.50 bits per heavy atom. The fourth-order valence-electron chi connectivity index (χ4n) is 1.93. The van der Waals surface area contributed by atoms with Gasteiger partial charge in [0.2, 0.25) is 5.91 Å². The topological polar surface area (TPSA) is 50.4 Å². The maximum Gasteiger partial charge on any atom is 0.230 e. The van der Waals surface area contributed by atoms with Crippen molar-refractivity contribution in [1.29, 1.82) is 0 Å². The molecule has 0 unspecified atom stereocenters. The van der Waals surface area contributed by atoms with Crippen LogP contribution in [0.2, 0.25) is 0 Å². The SMILES string of the molecule is COc1cccc(SCC(=O)NCC2=CCNCC2)c1. The Balaban J connectivity index is 1.72. The number of carbonyl (C=O) groups is 1. The lowest BCUT2D eigenvalue weighted by molar-refractivity contribution is -0.118. The van der Waals surface area contributed by atoms with Crippen molar-refractivity contribution in [3.05, 3.63) is 35.9 Å². The molecule has 1 aromatic rings. The number of hydrogen-bond donors (Lipinski definition) is 2. The van der Waals surface area contributed by atoms with E-state index in [1.807, 2.05) is 24.3 Å². The number of ether oxygens (including phenoxy) is 1. The molecule has 0 saturated carbocycles. The van der Waals surface area contributed by atoms with E-state index in [0.29, 0.717) is 12.3 Å². The average Bonchev–Trinajstić information content (AvgIpc) is 2.52. The van der Waals surface area contributed by atoms with Gasteiger partial charge >= 0.3 is 0 Å². The highest BCUT2D eigenvalue weighted by Gasteiger charge is 2.06. The van der Waals surface area contributed by atoms with Gasteiger partial charge in [-0.15, -0.1) is 11.8 Å². The molecule has 0 atom stereocenters. The molecule has 0 spiro atoms. The van der Waals surface area contributed by atoms with Crippen LogP contribution in [0.5, 0.6) is 5.75 Å². The number of amides is 1. The molecule has 1 aliphatic rings. The Labute approximate surface area is 124 Å². The van der Waals surface area contributed by atoms with E-state index in [2.05, 4.69) is 16.7 Å². The number of carbonyl (C=O) groups excluding carboxylic acids is 1. The summed E-state index contributed by atoms with van der Waals surface area (Å²) in [6.45, 7) is 2.57. The van der Waals surface area contributed by atoms with E-state index in [-0.39, 0.29) is 5.91 Å². The first kappa shape index (κ1) is 14.9. The molecule has 1 aliphatic heterocycles. The standard InChI is InChI=1S/C15H20N2O2S/c1-19-13-3-2-4-14(9-13)20-11-15(18)17-10-12-5-7-16-8-6-12/h2-5,9,16H,6-8,10-11H2,1H3,(H,17,18). The third-order valence-electron chi connectivity index (χ3n) is 3.08. The van der Waals surface area contributed by atoms with Crippen molar-refractivity contribution in [2.24, 2.45) is 0 Å². The first-order chi connectivity index (χ1) is 9.78. The second-order valence-electron chi connectivity index (χ2n) is 4.56. The zero-order chi connectivity index (χ0) is 14.2. The van der Waals surface area contributed by atoms with Crippen molar-refractivity contribution in [1.82, 2.24) is 10.6 Å². The van der Waals surface area contributed by atoms with Gasteiger partial charge in [0.25, 0.3) is 0 Å². The van der Waals surface area contributed by atoms with Crippen LogP contribution in [0.4, 0.5) is 0 Å². The second-order valence-corrected chi connectivity index (χ2v) is 5.61. The third kappa shape index (κ3) is 4.90. The zero-order valence-electron chi connectivity index (χ0n) is 11.6. The largest absolute Gasteiger partial charge is 0.497 e. The fourth-order valence-corrected chi connectivity index (χ4v) is 2.71. The van der Waals surface area contributed by atoms with E-state index in [1.165, 1.54) is 17.3 Å². The third-order valence-corrected chi connectivity index (χ3v) is 4.08. The molecule has 1 heterocycles. The molecule has 0 radical (unpaired) electrons. The number of methoxy groups -OCH3 is 1. The lowest BCUT2D eigenvalue weighted by atomic mass is 10.1. The number of nitrogens with one attached hydrogen (secondary N) is 2. The molecule has 1 aromatic carbocycles. The van der Waals surface area contributed by atoms with Gasteiger partial charge in [-0.25, -0.2) is 0 Å². The van der Waals surface area contributed by atoms with Gasteiger partial charge < -0.3 is 15.4 Å². The Hall–Kier alpha value is -1.46. The first-order valence-electron chi connectivity index (χ1n) is 6.70. The molecule has 1 amide bonds. The van der Waals surface area contributed by atoms with E-state index < -0.39 is 0 Å². The monoisotopic (exact) mass is 292 g/mol. The summed E-state index contributed by atoms with van der Waals surface area (Å²) in [5, 5.41) is 6.22. The minimum absolute atomic E-state index is 0.0669. The number of thioether (sulfide) groups is 1. The molecule has 20 heavy (non-hydrogen) atoms. The molecule has 2 N–H and O–H groups in total. The van der Waals surface area contributed by atoms with Crippen LogP contribution in [-0.2, 0) is 4.79 Å². The van der Waals surface area contributed by atoms with Crippen molar-refractivity contribution in [2.45, 2.75) is 11.3 Å². The van der Waals surface area contributed by atoms with Crippen molar-refractivity contribution < 1.29 is 9.53 Å². The Morgan fingerprint density at radius 2 is 2.40 bits per heavy atom. The van der Waals surface area contributed by atoms with Crippen LogP contribution < -0.4 is 15.4 Å². The highest BCUT2D eigenvalue weighted by Crippen LogP contribution is 2.22. The fraction of sp³-hybridized carbons (Fsp3) is 0.400. The van der Waals surface area contributed by atoms with Crippen molar-refractivity contribution >= 4 is 17.7 Å². The number of benzene rings is 1. The number of hydrogen-bond acceptors (Lipinski definition) is 4. The van der Waals surface area contributed by atoms with Gasteiger partial charge in [-0.2, -0.15) is 0 Å². The minimum atomic E-state index is 0.0669. The van der Waals surface area contributed by atoms with Crippen LogP contribution in [0.1, 0.15) is 6.42 Å². The summed E-state index contributed by atoms with van der Waals surface area (Å²) in [7, 11) is 1.64. The second kappa shape index (κ2) is 7.97. The lowest BCUT2D eigenvalue weighted by Gasteiger charge is -2.14. The van der Waals surface area contributed by atoms with E-state index in [9.17, 15) is 4.79 Å². The predicted octanol–water partition coefficient (Wildman–Crippen LogP) is 1.82. The van der Waals surface area contributed by atoms with Gasteiger partial charge in [0.05, 0.1) is 12.9 Å². The van der Waals surface area contributed by atoms with Crippen molar-refractivity contribution in [3.8, 4) is 5.75 Å². The average molecular weight is 292 g/mol. The molecule has 0 aromatic heterocycles. The summed E-state index contributed by atoms with van der Waals surface area (Å²) in [6, 6.07) is 7.75. The maximum absolute atomic E-state index is 11.8. The summed E-state index contributed by atoms with van der Waals surface area (Å²) in [5.41, 5.74) is 1.31. The summed E-state index contributed by atoms with van der Waals surface area (Å²) in [4.78, 5) is 12.8. The molecular weight excluding hydrogens is 272 g/mol. The van der Waals surface area contributed by atoms with Crippen LogP contribution in [-0.4, -0.2) is 38.4 Å². The molecule has 0 aliphatic carbocycles. The zero-order valence-corrected chi connectivity index (χ0v) is 12.5. The molecule has 2 rings (SSSR count). The van der Waals surface area contributed by atoms with Crippen LogP contribution in [0.25, 0.3) is 0 Å². The highest BCUT2D eigenvalue weighted by molar-refractivity contribution is 8.00. The molecule has 0 bridgehead atoms. The van der Waals surface area contributed by atoms with E-state index in [4.69, 9.17) is 4.74 Å². The van der Waals surface area contributed by atoms with E-state index in [1.54, 1.807) is 7.11 Å². The molecule has 108 valence electrons. The normalized spacial score (nSPS) is 14.6. The molecule has 0 fully saturated rings. The highest BCUT2D eigenvalue weighted by atomic mass is 32.2. The summed E-state index contributed by atoms with van der Waals surface area (Å²) >= 11 is 1.52. The summed E-state index contributed by atoms with van der Waals surface area (Å²) < 4.78 is 5.16. The Morgan fingerprint density at radius 3 is 3.15 bits per heavy atom. The van der Waals surface area contributed by atoms with E-state index >= 15 is 0 Å². The predicted molar refractivity (Wildman–Crippen MR) is 82.3 cm³/mol. The van der Waals surface area contributed by atoms with Gasteiger partial charge in [-0.1, -0.05) is 17.7 Å². The number of rotatable bonds is 6. The van der Waals surface area contributed by atoms with Gasteiger partial charge in [-0.05, 0) is 31.2 Å². The summed E-state index contributed by atoms with van der Waals surface area (Å²) in [6.07, 6.45) is 3.17. The molecule has 5 heteroatoms. The van der Waals surface area contributed by atoms with Gasteiger partial charge in [0, 0.05) is 18.0 Å². The minimum Gasteiger partial charge on any atom is -0.497 e. The van der Waals surface area contributed by atoms with Crippen LogP contribution in [0.15, 0.2) is 40.8 Å². The van der Waals surface area contributed by atoms with Gasteiger partial charge in [0.1, 0.15) is 5.75 Å². The summed E-state index contributed by atoms with van der Waals surface area (Å²) in [5.74, 6) is 1.31. The van der Waals surface area contributed by atoms with Gasteiger partial charge in [-0.3, -0.25) is 4.79 Å². The van der Waals surface area contributed by atoms with Crippen LogP contribution >= 0.6 is 11.8 Å². The molecule has 0 saturated heterocycles. The first-order valence-corrected chi connectivity index (χ1v) is 7.68. The Kier molecular flexibility index (Phi) is 5.95. The lowest BCUT2D eigenvalue weighted by Crippen LogP contribution is -2.30. The van der Waals surface area contributed by atoms with Gasteiger partial charge in [0.15, 0.2) is 0 Å². The molecule has 4 nitrogen and oxygen atoms in total. The van der Waals surface area contributed by atoms with Crippen molar-refractivity contribution in [3.63, 3.8) is 0 Å². The Bertz CT molecular complexity index is 489. The van der Waals surface area contributed by atoms with Crippen LogP contribution in [0.3, 0.4) is 0 Å². The maximum atomic E-state index is 11.8. The molecular formula is C15H20N2O2S.